The average Bonchev–Trinajstić information content (AvgIpc) is 3.16. The summed E-state index contributed by atoms with van der Waals surface area (Å²) in [4.78, 5) is 30.5. The van der Waals surface area contributed by atoms with Crippen molar-refractivity contribution in [1.82, 2.24) is 20.0 Å². The van der Waals surface area contributed by atoms with Crippen LogP contribution < -0.4 is 4.90 Å². The van der Waals surface area contributed by atoms with Gasteiger partial charge in [-0.05, 0) is 51.0 Å². The Labute approximate surface area is 187 Å². The Morgan fingerprint density at radius 3 is 2.47 bits per heavy atom. The fourth-order valence-electron chi connectivity index (χ4n) is 6.04. The average molecular weight is 446 g/mol. The van der Waals surface area contributed by atoms with Gasteiger partial charge in [0, 0.05) is 38.3 Å². The van der Waals surface area contributed by atoms with Crippen molar-refractivity contribution in [3.8, 4) is 0 Å². The van der Waals surface area contributed by atoms with Crippen molar-refractivity contribution >= 4 is 17.9 Å². The summed E-state index contributed by atoms with van der Waals surface area (Å²) in [5.41, 5.74) is 1.08. The summed E-state index contributed by atoms with van der Waals surface area (Å²) in [6.07, 6.45) is 8.11. The number of likely N-dealkylation sites (tertiary alicyclic amines) is 1. The van der Waals surface area contributed by atoms with Gasteiger partial charge < -0.3 is 19.5 Å². The molecule has 3 unspecified atom stereocenters. The number of ether oxygens (including phenoxy) is 2. The number of fused-ring (bicyclic) bond motifs is 1. The van der Waals surface area contributed by atoms with E-state index in [1.165, 1.54) is 0 Å². The Hall–Kier alpha value is -2.62. The maximum atomic E-state index is 13.0. The molecule has 0 radical (unpaired) electrons. The molecule has 1 aromatic heterocycles. The molecule has 3 aliphatic heterocycles. The van der Waals surface area contributed by atoms with Gasteiger partial charge in [0.15, 0.2) is 0 Å². The first-order chi connectivity index (χ1) is 15.6. The monoisotopic (exact) mass is 445 g/mol. The van der Waals surface area contributed by atoms with Crippen molar-refractivity contribution in [3.63, 3.8) is 0 Å². The third kappa shape index (κ3) is 4.20. The number of hydrogen-bond donors (Lipinski definition) is 1. The number of anilines is 1. The van der Waals surface area contributed by atoms with Gasteiger partial charge in [0.05, 0.1) is 24.1 Å². The minimum absolute atomic E-state index is 0.101. The molecular formula is C22H31N5O5. The molecule has 10 nitrogen and oxygen atoms in total. The summed E-state index contributed by atoms with van der Waals surface area (Å²) in [6, 6.07) is 2.52. The lowest BCUT2D eigenvalue weighted by molar-refractivity contribution is -0.0241. The van der Waals surface area contributed by atoms with Crippen LogP contribution in [0, 0.1) is 0 Å². The Balaban J connectivity index is 1.20. The van der Waals surface area contributed by atoms with E-state index in [-0.39, 0.29) is 36.4 Å². The number of piperidine rings is 2. The number of rotatable bonds is 4. The number of carbonyl (C=O) groups excluding carboxylic acids is 1. The molecule has 3 saturated heterocycles. The van der Waals surface area contributed by atoms with Gasteiger partial charge in [-0.3, -0.25) is 9.80 Å². The van der Waals surface area contributed by atoms with Crippen molar-refractivity contribution in [3.05, 3.63) is 18.5 Å². The molecule has 3 atom stereocenters. The largest absolute Gasteiger partial charge is 0.506 e. The molecule has 174 valence electrons. The number of carbonyl (C=O) groups is 2. The summed E-state index contributed by atoms with van der Waals surface area (Å²) in [5.74, 6) is 0. The summed E-state index contributed by atoms with van der Waals surface area (Å²) in [6.45, 7) is 3.33. The molecule has 1 aromatic rings. The van der Waals surface area contributed by atoms with Gasteiger partial charge in [-0.1, -0.05) is 0 Å². The minimum Gasteiger partial charge on any atom is -0.450 e. The van der Waals surface area contributed by atoms with Crippen molar-refractivity contribution in [2.45, 2.75) is 75.3 Å². The third-order valence-corrected chi connectivity index (χ3v) is 7.57. The van der Waals surface area contributed by atoms with Gasteiger partial charge in [-0.15, -0.1) is 0 Å². The molecule has 10 heteroatoms. The van der Waals surface area contributed by atoms with Crippen LogP contribution in [0.2, 0.25) is 0 Å². The van der Waals surface area contributed by atoms with E-state index in [2.05, 4.69) is 20.0 Å². The molecule has 1 aliphatic carbocycles. The standard InChI is InChI=1S/C22H31N5O5/c28-21-27(15-5-10-25(11-6-15)16-4-9-23-24-14-16)19-3-1-2-18(20(19)32-21)26-12-7-17(8-13-26)31-22(29)30/h4,9,14-15,17-20H,1-3,5-8,10-13H2,(H,29,30). The van der Waals surface area contributed by atoms with Gasteiger partial charge in [0.25, 0.3) is 0 Å². The third-order valence-electron chi connectivity index (χ3n) is 7.57. The smallest absolute Gasteiger partial charge is 0.450 e. The summed E-state index contributed by atoms with van der Waals surface area (Å²) >= 11 is 0. The molecule has 4 fully saturated rings. The predicted molar refractivity (Wildman–Crippen MR) is 115 cm³/mol. The highest BCUT2D eigenvalue weighted by atomic mass is 16.7. The van der Waals surface area contributed by atoms with Gasteiger partial charge in [-0.2, -0.15) is 10.2 Å². The molecular weight excluding hydrogens is 414 g/mol. The first-order valence-electron chi connectivity index (χ1n) is 11.7. The Kier molecular flexibility index (Phi) is 6.03. The van der Waals surface area contributed by atoms with Crippen LogP contribution >= 0.6 is 0 Å². The van der Waals surface area contributed by atoms with Crippen LogP contribution in [-0.2, 0) is 9.47 Å². The fraction of sp³-hybridized carbons (Fsp3) is 0.727. The second kappa shape index (κ2) is 9.09. The first kappa shape index (κ1) is 21.2. The van der Waals surface area contributed by atoms with E-state index >= 15 is 0 Å². The lowest BCUT2D eigenvalue weighted by atomic mass is 9.85. The zero-order valence-electron chi connectivity index (χ0n) is 18.2. The van der Waals surface area contributed by atoms with Crippen LogP contribution in [0.3, 0.4) is 0 Å². The zero-order chi connectivity index (χ0) is 22.1. The molecule has 32 heavy (non-hydrogen) atoms. The lowest BCUT2D eigenvalue weighted by Crippen LogP contribution is -2.56. The SMILES string of the molecule is O=C(O)OC1CCN(C2CCCC3C2OC(=O)N3C2CCN(c3ccnnc3)CC2)CC1. The molecule has 0 spiro atoms. The molecule has 4 aliphatic rings. The van der Waals surface area contributed by atoms with Gasteiger partial charge >= 0.3 is 12.2 Å². The first-order valence-corrected chi connectivity index (χ1v) is 11.7. The normalized spacial score (nSPS) is 30.1. The van der Waals surface area contributed by atoms with E-state index in [1.54, 1.807) is 12.4 Å². The van der Waals surface area contributed by atoms with Crippen LogP contribution in [0.25, 0.3) is 0 Å². The number of aromatic nitrogens is 2. The number of carboxylic acid groups (broad SMARTS) is 1. The van der Waals surface area contributed by atoms with Gasteiger partial charge in [-0.25, -0.2) is 9.59 Å². The highest BCUT2D eigenvalue weighted by molar-refractivity contribution is 5.71. The number of nitrogens with zero attached hydrogens (tertiary/aromatic N) is 5. The van der Waals surface area contributed by atoms with E-state index in [1.807, 2.05) is 11.0 Å². The van der Waals surface area contributed by atoms with Crippen molar-refractivity contribution in [1.29, 1.82) is 0 Å². The van der Waals surface area contributed by atoms with E-state index < -0.39 is 6.16 Å². The quantitative estimate of drug-likeness (QED) is 0.699. The van der Waals surface area contributed by atoms with E-state index in [0.717, 1.165) is 64.0 Å². The zero-order valence-corrected chi connectivity index (χ0v) is 18.2. The van der Waals surface area contributed by atoms with Crippen LogP contribution in [0.4, 0.5) is 15.3 Å². The van der Waals surface area contributed by atoms with Crippen LogP contribution in [-0.4, -0.2) is 93.9 Å². The van der Waals surface area contributed by atoms with Gasteiger partial charge in [0.2, 0.25) is 0 Å². The topological polar surface area (TPSA) is 108 Å². The molecule has 1 amide bonds. The predicted octanol–water partition coefficient (Wildman–Crippen LogP) is 2.35. The summed E-state index contributed by atoms with van der Waals surface area (Å²) < 4.78 is 10.9. The molecule has 1 saturated carbocycles. The molecule has 0 aromatic carbocycles. The number of amides is 1. The lowest BCUT2D eigenvalue weighted by Gasteiger charge is -2.44. The molecule has 1 N–H and O–H groups in total. The second-order valence-electron chi connectivity index (χ2n) is 9.26. The summed E-state index contributed by atoms with van der Waals surface area (Å²) in [5, 5.41) is 16.7. The Morgan fingerprint density at radius 1 is 1.03 bits per heavy atom. The maximum absolute atomic E-state index is 13.0. The fourth-order valence-corrected chi connectivity index (χ4v) is 6.04. The molecule has 0 bridgehead atoms. The maximum Gasteiger partial charge on any atom is 0.506 e. The van der Waals surface area contributed by atoms with Crippen molar-refractivity contribution in [2.75, 3.05) is 31.1 Å². The number of hydrogen-bond acceptors (Lipinski definition) is 8. The van der Waals surface area contributed by atoms with E-state index in [9.17, 15) is 9.59 Å². The van der Waals surface area contributed by atoms with Crippen LogP contribution in [0.1, 0.15) is 44.9 Å². The molecule has 5 rings (SSSR count). The van der Waals surface area contributed by atoms with Gasteiger partial charge in [0.1, 0.15) is 12.2 Å². The Morgan fingerprint density at radius 2 is 1.78 bits per heavy atom. The highest BCUT2D eigenvalue weighted by Crippen LogP contribution is 2.38. The van der Waals surface area contributed by atoms with Crippen LogP contribution in [0.15, 0.2) is 18.5 Å². The Bertz CT molecular complexity index is 810. The molecule has 4 heterocycles. The van der Waals surface area contributed by atoms with E-state index in [4.69, 9.17) is 14.6 Å². The minimum atomic E-state index is -1.20. The van der Waals surface area contributed by atoms with E-state index in [0.29, 0.717) is 12.8 Å². The van der Waals surface area contributed by atoms with Crippen molar-refractivity contribution in [2.24, 2.45) is 0 Å². The van der Waals surface area contributed by atoms with Crippen LogP contribution in [0.5, 0.6) is 0 Å². The summed E-state index contributed by atoms with van der Waals surface area (Å²) in [7, 11) is 0. The highest BCUT2D eigenvalue weighted by Gasteiger charge is 2.51. The second-order valence-corrected chi connectivity index (χ2v) is 9.26. The van der Waals surface area contributed by atoms with Crippen molar-refractivity contribution < 1.29 is 24.2 Å².